The van der Waals surface area contributed by atoms with E-state index in [-0.39, 0.29) is 18.2 Å². The van der Waals surface area contributed by atoms with E-state index in [0.29, 0.717) is 0 Å². The molecule has 1 nitrogen and oxygen atoms in total. The van der Waals surface area contributed by atoms with Crippen LogP contribution in [-0.4, -0.2) is 24.5 Å². The van der Waals surface area contributed by atoms with Gasteiger partial charge < -0.3 is 4.90 Å². The number of hydrogen-bond acceptors (Lipinski definition) is 1. The van der Waals surface area contributed by atoms with E-state index >= 15 is 0 Å². The Kier molecular flexibility index (Phi) is 5.00. The molecular formula is C16H21ClFN. The topological polar surface area (TPSA) is 3.24 Å². The molecule has 3 heteroatoms. The summed E-state index contributed by atoms with van der Waals surface area (Å²) in [5.41, 5.74) is 3.49. The molecule has 0 aromatic heterocycles. The van der Waals surface area contributed by atoms with Gasteiger partial charge in [0, 0.05) is 6.54 Å². The standard InChI is InChI=1S/C16H20FN.ClH/c17-16-5-3-4-14-12-13(6-7-15(14)16)8-11-18-9-1-2-10-18;/h3-5,12H,1-2,6-11H2;1H. The van der Waals surface area contributed by atoms with Gasteiger partial charge in [-0.05, 0) is 62.4 Å². The van der Waals surface area contributed by atoms with Crippen molar-refractivity contribution in [2.75, 3.05) is 19.6 Å². The van der Waals surface area contributed by atoms with Crippen LogP contribution < -0.4 is 0 Å². The fourth-order valence-electron chi connectivity index (χ4n) is 3.06. The number of halogens is 2. The molecule has 0 N–H and O–H groups in total. The molecule has 0 unspecified atom stereocenters. The third-order valence-electron chi connectivity index (χ3n) is 4.16. The minimum absolute atomic E-state index is 0. The molecule has 1 aromatic carbocycles. The summed E-state index contributed by atoms with van der Waals surface area (Å²) >= 11 is 0. The second kappa shape index (κ2) is 6.53. The first kappa shape index (κ1) is 14.5. The molecule has 104 valence electrons. The Morgan fingerprint density at radius 1 is 1.11 bits per heavy atom. The van der Waals surface area contributed by atoms with E-state index in [1.54, 1.807) is 6.07 Å². The monoisotopic (exact) mass is 281 g/mol. The highest BCUT2D eigenvalue weighted by molar-refractivity contribution is 5.85. The molecule has 0 radical (unpaired) electrons. The van der Waals surface area contributed by atoms with Gasteiger partial charge in [-0.1, -0.05) is 23.8 Å². The fraction of sp³-hybridized carbons (Fsp3) is 0.500. The third-order valence-corrected chi connectivity index (χ3v) is 4.16. The van der Waals surface area contributed by atoms with E-state index in [1.807, 2.05) is 12.1 Å². The van der Waals surface area contributed by atoms with Crippen molar-refractivity contribution in [2.24, 2.45) is 0 Å². The Labute approximate surface area is 120 Å². The fourth-order valence-corrected chi connectivity index (χ4v) is 3.06. The summed E-state index contributed by atoms with van der Waals surface area (Å²) in [4.78, 5) is 2.54. The van der Waals surface area contributed by atoms with Crippen LogP contribution in [0.4, 0.5) is 4.39 Å². The van der Waals surface area contributed by atoms with Gasteiger partial charge in [0.15, 0.2) is 0 Å². The molecule has 1 saturated heterocycles. The molecule has 1 aliphatic carbocycles. The van der Waals surface area contributed by atoms with Gasteiger partial charge in [-0.3, -0.25) is 0 Å². The third kappa shape index (κ3) is 3.37. The normalized spacial score (nSPS) is 18.7. The maximum absolute atomic E-state index is 13.6. The van der Waals surface area contributed by atoms with Gasteiger partial charge in [-0.2, -0.15) is 0 Å². The maximum Gasteiger partial charge on any atom is 0.127 e. The number of hydrogen-bond donors (Lipinski definition) is 0. The number of nitrogens with zero attached hydrogens (tertiary/aromatic N) is 1. The first-order valence-corrected chi connectivity index (χ1v) is 7.02. The van der Waals surface area contributed by atoms with Crippen molar-refractivity contribution in [1.82, 2.24) is 4.90 Å². The number of rotatable bonds is 3. The van der Waals surface area contributed by atoms with Crippen molar-refractivity contribution in [2.45, 2.75) is 32.1 Å². The molecule has 1 heterocycles. The summed E-state index contributed by atoms with van der Waals surface area (Å²) in [6.07, 6.45) is 7.96. The van der Waals surface area contributed by atoms with Crippen molar-refractivity contribution in [1.29, 1.82) is 0 Å². The lowest BCUT2D eigenvalue weighted by atomic mass is 9.90. The lowest BCUT2D eigenvalue weighted by molar-refractivity contribution is 0.342. The summed E-state index contributed by atoms with van der Waals surface area (Å²) in [6, 6.07) is 5.42. The zero-order valence-corrected chi connectivity index (χ0v) is 12.0. The van der Waals surface area contributed by atoms with E-state index in [4.69, 9.17) is 0 Å². The molecule has 19 heavy (non-hydrogen) atoms. The highest BCUT2D eigenvalue weighted by Crippen LogP contribution is 2.27. The molecule has 1 aromatic rings. The predicted octanol–water partition coefficient (Wildman–Crippen LogP) is 4.06. The highest BCUT2D eigenvalue weighted by Gasteiger charge is 2.16. The SMILES string of the molecule is Cl.Fc1cccc2c1CCC(CCN1CCCC1)=C2. The number of fused-ring (bicyclic) bond motifs is 1. The molecule has 0 bridgehead atoms. The smallest absolute Gasteiger partial charge is 0.127 e. The predicted molar refractivity (Wildman–Crippen MR) is 80.2 cm³/mol. The van der Waals surface area contributed by atoms with E-state index in [2.05, 4.69) is 11.0 Å². The van der Waals surface area contributed by atoms with Crippen LogP contribution in [0.2, 0.25) is 0 Å². The van der Waals surface area contributed by atoms with Crippen LogP contribution in [0.1, 0.15) is 36.8 Å². The first-order chi connectivity index (χ1) is 8.83. The van der Waals surface area contributed by atoms with Crippen LogP contribution in [0, 0.1) is 5.82 Å². The van der Waals surface area contributed by atoms with Crippen LogP contribution in [-0.2, 0) is 6.42 Å². The molecule has 0 spiro atoms. The Bertz CT molecular complexity index is 464. The van der Waals surface area contributed by atoms with Crippen molar-refractivity contribution in [3.05, 3.63) is 40.7 Å². The lowest BCUT2D eigenvalue weighted by Gasteiger charge is -2.20. The largest absolute Gasteiger partial charge is 0.303 e. The van der Waals surface area contributed by atoms with E-state index < -0.39 is 0 Å². The minimum atomic E-state index is -0.0395. The van der Waals surface area contributed by atoms with Crippen LogP contribution in [0.15, 0.2) is 23.8 Å². The number of likely N-dealkylation sites (tertiary alicyclic amines) is 1. The van der Waals surface area contributed by atoms with Crippen LogP contribution in [0.5, 0.6) is 0 Å². The quantitative estimate of drug-likeness (QED) is 0.807. The van der Waals surface area contributed by atoms with Gasteiger partial charge in [-0.25, -0.2) is 4.39 Å². The summed E-state index contributed by atoms with van der Waals surface area (Å²) < 4.78 is 13.6. The Morgan fingerprint density at radius 2 is 1.89 bits per heavy atom. The summed E-state index contributed by atoms with van der Waals surface area (Å²) in [5.74, 6) is -0.0395. The van der Waals surface area contributed by atoms with Crippen molar-refractivity contribution < 1.29 is 4.39 Å². The zero-order chi connectivity index (χ0) is 12.4. The molecule has 3 rings (SSSR count). The molecule has 0 saturated carbocycles. The molecule has 0 atom stereocenters. The second-order valence-corrected chi connectivity index (χ2v) is 5.41. The van der Waals surface area contributed by atoms with E-state index in [1.165, 1.54) is 38.0 Å². The lowest BCUT2D eigenvalue weighted by Crippen LogP contribution is -2.21. The highest BCUT2D eigenvalue weighted by atomic mass is 35.5. The average molecular weight is 282 g/mol. The van der Waals surface area contributed by atoms with Crippen LogP contribution in [0.25, 0.3) is 6.08 Å². The molecule has 0 amide bonds. The van der Waals surface area contributed by atoms with Crippen molar-refractivity contribution >= 4 is 18.5 Å². The van der Waals surface area contributed by atoms with E-state index in [9.17, 15) is 4.39 Å². The van der Waals surface area contributed by atoms with Gasteiger partial charge in [0.2, 0.25) is 0 Å². The van der Waals surface area contributed by atoms with Gasteiger partial charge in [0.05, 0.1) is 0 Å². The van der Waals surface area contributed by atoms with Gasteiger partial charge >= 0.3 is 0 Å². The molecular weight excluding hydrogens is 261 g/mol. The minimum Gasteiger partial charge on any atom is -0.303 e. The van der Waals surface area contributed by atoms with Crippen LogP contribution in [0.3, 0.4) is 0 Å². The Morgan fingerprint density at radius 3 is 2.68 bits per heavy atom. The summed E-state index contributed by atoms with van der Waals surface area (Å²) in [7, 11) is 0. The van der Waals surface area contributed by atoms with Gasteiger partial charge in [0.25, 0.3) is 0 Å². The average Bonchev–Trinajstić information content (AvgIpc) is 2.90. The molecule has 1 aliphatic heterocycles. The van der Waals surface area contributed by atoms with Gasteiger partial charge in [-0.15, -0.1) is 12.4 Å². The maximum atomic E-state index is 13.6. The Balaban J connectivity index is 0.00000133. The summed E-state index contributed by atoms with van der Waals surface area (Å²) in [6.45, 7) is 3.70. The summed E-state index contributed by atoms with van der Waals surface area (Å²) in [5, 5.41) is 0. The van der Waals surface area contributed by atoms with Gasteiger partial charge in [0.1, 0.15) is 5.82 Å². The Hall–Kier alpha value is -0.860. The first-order valence-electron chi connectivity index (χ1n) is 7.02. The van der Waals surface area contributed by atoms with Crippen LogP contribution >= 0.6 is 12.4 Å². The number of benzene rings is 1. The second-order valence-electron chi connectivity index (χ2n) is 5.41. The zero-order valence-electron chi connectivity index (χ0n) is 11.2. The van der Waals surface area contributed by atoms with E-state index in [0.717, 1.165) is 30.4 Å². The molecule has 1 fully saturated rings. The molecule has 2 aliphatic rings. The van der Waals surface area contributed by atoms with Crippen molar-refractivity contribution in [3.63, 3.8) is 0 Å². The van der Waals surface area contributed by atoms with Crippen molar-refractivity contribution in [3.8, 4) is 0 Å².